The average molecular weight is 488 g/mol. The Morgan fingerprint density at radius 1 is 0.889 bits per heavy atom. The Morgan fingerprint density at radius 3 is 2.33 bits per heavy atom. The second kappa shape index (κ2) is 11.9. The zero-order valence-electron chi connectivity index (χ0n) is 20.1. The largest absolute Gasteiger partial charge is 0.493 e. The molecule has 3 amide bonds. The van der Waals surface area contributed by atoms with Crippen molar-refractivity contribution in [2.24, 2.45) is 0 Å². The molecule has 36 heavy (non-hydrogen) atoms. The molecule has 3 aromatic carbocycles. The number of nitrogens with zero attached hydrogens (tertiary/aromatic N) is 1. The first kappa shape index (κ1) is 24.8. The molecule has 1 saturated heterocycles. The molecule has 1 heterocycles. The highest BCUT2D eigenvalue weighted by Gasteiger charge is 2.33. The number of amides is 3. The summed E-state index contributed by atoms with van der Waals surface area (Å²) in [7, 11) is 1.53. The molecule has 0 saturated carbocycles. The van der Waals surface area contributed by atoms with Gasteiger partial charge in [-0.05, 0) is 48.7 Å². The van der Waals surface area contributed by atoms with E-state index in [-0.39, 0.29) is 30.7 Å². The first-order chi connectivity index (χ1) is 17.5. The van der Waals surface area contributed by atoms with Gasteiger partial charge < -0.3 is 25.0 Å². The normalized spacial score (nSPS) is 14.7. The molecule has 2 N–H and O–H groups in total. The molecule has 8 nitrogen and oxygen atoms in total. The summed E-state index contributed by atoms with van der Waals surface area (Å²) in [5, 5.41) is 5.65. The summed E-state index contributed by atoms with van der Waals surface area (Å²) >= 11 is 0. The van der Waals surface area contributed by atoms with Crippen molar-refractivity contribution >= 4 is 29.1 Å². The van der Waals surface area contributed by atoms with Crippen molar-refractivity contribution in [1.82, 2.24) is 4.90 Å². The Bertz CT molecular complexity index is 1210. The molecule has 0 spiro atoms. The maximum absolute atomic E-state index is 13.0. The summed E-state index contributed by atoms with van der Waals surface area (Å²) in [5.74, 6) is 0.363. The van der Waals surface area contributed by atoms with Gasteiger partial charge in [0.15, 0.2) is 18.1 Å². The van der Waals surface area contributed by atoms with Gasteiger partial charge in [-0.15, -0.1) is 0 Å². The quantitative estimate of drug-likeness (QED) is 0.477. The molecule has 0 bridgehead atoms. The van der Waals surface area contributed by atoms with Gasteiger partial charge in [0.1, 0.15) is 6.04 Å². The second-order valence-corrected chi connectivity index (χ2v) is 8.47. The fourth-order valence-corrected chi connectivity index (χ4v) is 4.19. The van der Waals surface area contributed by atoms with Gasteiger partial charge >= 0.3 is 0 Å². The monoisotopic (exact) mass is 487 g/mol. The lowest BCUT2D eigenvalue weighted by Crippen LogP contribution is -2.43. The maximum atomic E-state index is 13.0. The van der Waals surface area contributed by atoms with E-state index in [1.165, 1.54) is 7.11 Å². The van der Waals surface area contributed by atoms with Crippen LogP contribution in [0.3, 0.4) is 0 Å². The van der Waals surface area contributed by atoms with Gasteiger partial charge in [-0.1, -0.05) is 48.5 Å². The lowest BCUT2D eigenvalue weighted by Gasteiger charge is -2.24. The molecular formula is C28H29N3O5. The van der Waals surface area contributed by atoms with Crippen molar-refractivity contribution < 1.29 is 23.9 Å². The summed E-state index contributed by atoms with van der Waals surface area (Å²) in [6, 6.07) is 22.9. The van der Waals surface area contributed by atoms with Crippen molar-refractivity contribution in [2.75, 3.05) is 30.9 Å². The van der Waals surface area contributed by atoms with Crippen LogP contribution in [0.15, 0.2) is 78.9 Å². The van der Waals surface area contributed by atoms with Crippen molar-refractivity contribution in [3.8, 4) is 11.5 Å². The zero-order chi connectivity index (χ0) is 25.3. The Hall–Kier alpha value is -4.33. The van der Waals surface area contributed by atoms with Crippen molar-refractivity contribution in [2.45, 2.75) is 25.3 Å². The predicted molar refractivity (Wildman–Crippen MR) is 137 cm³/mol. The van der Waals surface area contributed by atoms with E-state index >= 15 is 0 Å². The molecule has 0 aromatic heterocycles. The highest BCUT2D eigenvalue weighted by molar-refractivity contribution is 5.99. The van der Waals surface area contributed by atoms with Gasteiger partial charge in [0.05, 0.1) is 13.5 Å². The highest BCUT2D eigenvalue weighted by atomic mass is 16.5. The molecule has 8 heteroatoms. The van der Waals surface area contributed by atoms with Gasteiger partial charge in [0.2, 0.25) is 11.8 Å². The van der Waals surface area contributed by atoms with Gasteiger partial charge in [-0.3, -0.25) is 14.4 Å². The molecular weight excluding hydrogens is 458 g/mol. The summed E-state index contributed by atoms with van der Waals surface area (Å²) in [6.07, 6.45) is 1.66. The predicted octanol–water partition coefficient (Wildman–Crippen LogP) is 3.88. The van der Waals surface area contributed by atoms with E-state index in [0.29, 0.717) is 35.8 Å². The van der Waals surface area contributed by atoms with Crippen LogP contribution < -0.4 is 20.1 Å². The number of likely N-dealkylation sites (tertiary alicyclic amines) is 1. The fraction of sp³-hybridized carbons (Fsp3) is 0.250. The number of rotatable bonds is 9. The van der Waals surface area contributed by atoms with E-state index in [9.17, 15) is 14.4 Å². The number of hydrogen-bond donors (Lipinski definition) is 2. The number of carbonyl (C=O) groups is 3. The van der Waals surface area contributed by atoms with Crippen LogP contribution >= 0.6 is 0 Å². The third kappa shape index (κ3) is 6.41. The molecule has 1 aliphatic heterocycles. The number of ether oxygens (including phenoxy) is 2. The number of para-hydroxylation sites is 2. The first-order valence-electron chi connectivity index (χ1n) is 11.8. The van der Waals surface area contributed by atoms with Crippen LogP contribution in [0.1, 0.15) is 18.4 Å². The molecule has 186 valence electrons. The van der Waals surface area contributed by atoms with Crippen LogP contribution in [-0.4, -0.2) is 48.9 Å². The lowest BCUT2D eigenvalue weighted by atomic mass is 10.1. The minimum atomic E-state index is -0.520. The lowest BCUT2D eigenvalue weighted by molar-refractivity contribution is -0.136. The van der Waals surface area contributed by atoms with Gasteiger partial charge in [0, 0.05) is 17.9 Å². The number of methoxy groups -OCH3 is 1. The summed E-state index contributed by atoms with van der Waals surface area (Å²) < 4.78 is 10.8. The Morgan fingerprint density at radius 2 is 1.58 bits per heavy atom. The maximum Gasteiger partial charge on any atom is 0.262 e. The number of hydrogen-bond acceptors (Lipinski definition) is 5. The van der Waals surface area contributed by atoms with E-state index in [2.05, 4.69) is 10.6 Å². The van der Waals surface area contributed by atoms with Crippen LogP contribution in [0.4, 0.5) is 11.4 Å². The Balaban J connectivity index is 1.32. The third-order valence-electron chi connectivity index (χ3n) is 5.92. The van der Waals surface area contributed by atoms with Gasteiger partial charge in [0.25, 0.3) is 5.91 Å². The molecule has 1 unspecified atom stereocenters. The average Bonchev–Trinajstić information content (AvgIpc) is 3.39. The van der Waals surface area contributed by atoms with E-state index in [1.807, 2.05) is 36.4 Å². The van der Waals surface area contributed by atoms with E-state index in [0.717, 1.165) is 12.0 Å². The Kier molecular flexibility index (Phi) is 8.18. The summed E-state index contributed by atoms with van der Waals surface area (Å²) in [5.41, 5.74) is 1.97. The van der Waals surface area contributed by atoms with Crippen molar-refractivity contribution in [1.29, 1.82) is 0 Å². The number of anilines is 2. The SMILES string of the molecule is COc1ccccc1OCC(=O)Nc1cccc(NC(=O)C2CCCN2C(=O)Cc2ccccc2)c1. The van der Waals surface area contributed by atoms with Crippen LogP contribution in [0.25, 0.3) is 0 Å². The number of carbonyl (C=O) groups excluding carboxylic acids is 3. The smallest absolute Gasteiger partial charge is 0.262 e. The van der Waals surface area contributed by atoms with Gasteiger partial charge in [-0.2, -0.15) is 0 Å². The van der Waals surface area contributed by atoms with Crippen molar-refractivity contribution in [3.63, 3.8) is 0 Å². The summed E-state index contributed by atoms with van der Waals surface area (Å²) in [6.45, 7) is 0.365. The van der Waals surface area contributed by atoms with Crippen LogP contribution in [0, 0.1) is 0 Å². The van der Waals surface area contributed by atoms with Crippen LogP contribution in [-0.2, 0) is 20.8 Å². The number of benzene rings is 3. The Labute approximate surface area is 210 Å². The minimum Gasteiger partial charge on any atom is -0.493 e. The first-order valence-corrected chi connectivity index (χ1v) is 11.8. The molecule has 1 atom stereocenters. The zero-order valence-corrected chi connectivity index (χ0v) is 20.1. The van der Waals surface area contributed by atoms with E-state index < -0.39 is 6.04 Å². The molecule has 3 aromatic rings. The molecule has 4 rings (SSSR count). The summed E-state index contributed by atoms with van der Waals surface area (Å²) in [4.78, 5) is 39.9. The molecule has 0 aliphatic carbocycles. The van der Waals surface area contributed by atoms with Gasteiger partial charge in [-0.25, -0.2) is 0 Å². The standard InChI is InChI=1S/C28H29N3O5/c1-35-24-14-5-6-15-25(24)36-19-26(32)29-21-11-7-12-22(18-21)30-28(34)23-13-8-16-31(23)27(33)17-20-9-3-2-4-10-20/h2-7,9-12,14-15,18,23H,8,13,16-17,19H2,1H3,(H,29,32)(H,30,34). The number of nitrogens with one attached hydrogen (secondary N) is 2. The molecule has 1 fully saturated rings. The third-order valence-corrected chi connectivity index (χ3v) is 5.92. The van der Waals surface area contributed by atoms with Crippen LogP contribution in [0.5, 0.6) is 11.5 Å². The van der Waals surface area contributed by atoms with Crippen molar-refractivity contribution in [3.05, 3.63) is 84.4 Å². The van der Waals surface area contributed by atoms with Crippen LogP contribution in [0.2, 0.25) is 0 Å². The fourth-order valence-electron chi connectivity index (χ4n) is 4.19. The highest BCUT2D eigenvalue weighted by Crippen LogP contribution is 2.26. The second-order valence-electron chi connectivity index (χ2n) is 8.47. The molecule has 0 radical (unpaired) electrons. The topological polar surface area (TPSA) is 97.0 Å². The van der Waals surface area contributed by atoms with E-state index in [4.69, 9.17) is 9.47 Å². The molecule has 1 aliphatic rings. The minimum absolute atomic E-state index is 0.0603. The van der Waals surface area contributed by atoms with E-state index in [1.54, 1.807) is 47.4 Å².